The Balaban J connectivity index is 2.02. The SMILES string of the molecule is CC(C)(C)C(=O)[C@H]1[C@H](c2cccnc2)C(C#N)(C#N)[C@@H]2c3ccccc3C=C[NH+]21. The zero-order chi connectivity index (χ0) is 20.8. The van der Waals surface area contributed by atoms with Crippen molar-refractivity contribution in [3.8, 4) is 12.1 Å². The van der Waals surface area contributed by atoms with Crippen LogP contribution in [-0.4, -0.2) is 16.8 Å². The van der Waals surface area contributed by atoms with Gasteiger partial charge in [0, 0.05) is 23.4 Å². The molecule has 5 heteroatoms. The highest BCUT2D eigenvalue weighted by Gasteiger charge is 2.68. The number of nitrogens with zero attached hydrogens (tertiary/aromatic N) is 3. The van der Waals surface area contributed by atoms with Crippen LogP contribution in [0.1, 0.15) is 49.4 Å². The molecule has 144 valence electrons. The molecule has 1 saturated heterocycles. The van der Waals surface area contributed by atoms with Gasteiger partial charge < -0.3 is 0 Å². The zero-order valence-electron chi connectivity index (χ0n) is 16.8. The lowest BCUT2D eigenvalue weighted by Crippen LogP contribution is -3.12. The Bertz CT molecular complexity index is 1050. The first kappa shape index (κ1) is 19.1. The van der Waals surface area contributed by atoms with Crippen molar-refractivity contribution in [3.05, 3.63) is 71.7 Å². The summed E-state index contributed by atoms with van der Waals surface area (Å²) in [6, 6.07) is 15.2. The molecule has 5 nitrogen and oxygen atoms in total. The second-order valence-corrected chi connectivity index (χ2v) is 8.84. The number of benzene rings is 1. The Morgan fingerprint density at radius 3 is 2.48 bits per heavy atom. The minimum atomic E-state index is -1.38. The Kier molecular flexibility index (Phi) is 4.37. The third-order valence-electron chi connectivity index (χ3n) is 6.17. The molecular formula is C24H23N4O+. The Hall–Kier alpha value is -3.28. The number of pyridine rings is 1. The van der Waals surface area contributed by atoms with Crippen molar-refractivity contribution >= 4 is 11.9 Å². The van der Waals surface area contributed by atoms with Gasteiger partial charge in [0.05, 0.1) is 24.3 Å². The van der Waals surface area contributed by atoms with Crippen LogP contribution in [0.2, 0.25) is 0 Å². The van der Waals surface area contributed by atoms with Gasteiger partial charge >= 0.3 is 0 Å². The summed E-state index contributed by atoms with van der Waals surface area (Å²) < 4.78 is 0. The lowest BCUT2D eigenvalue weighted by molar-refractivity contribution is -0.885. The highest BCUT2D eigenvalue weighted by molar-refractivity contribution is 5.89. The maximum Gasteiger partial charge on any atom is 0.212 e. The number of aromatic nitrogens is 1. The van der Waals surface area contributed by atoms with E-state index in [0.717, 1.165) is 21.6 Å². The molecule has 1 N–H and O–H groups in total. The first-order valence-corrected chi connectivity index (χ1v) is 9.75. The Morgan fingerprint density at radius 2 is 1.86 bits per heavy atom. The van der Waals surface area contributed by atoms with Crippen LogP contribution in [0, 0.1) is 33.5 Å². The average Bonchev–Trinajstić information content (AvgIpc) is 3.04. The smallest absolute Gasteiger partial charge is 0.212 e. The topological polar surface area (TPSA) is 82.0 Å². The van der Waals surface area contributed by atoms with Gasteiger partial charge in [-0.05, 0) is 23.3 Å². The van der Waals surface area contributed by atoms with Gasteiger partial charge in [-0.25, -0.2) is 0 Å². The fourth-order valence-corrected chi connectivity index (χ4v) is 4.89. The molecule has 2 aliphatic heterocycles. The van der Waals surface area contributed by atoms with E-state index in [1.807, 2.05) is 63.4 Å². The number of carbonyl (C=O) groups is 1. The predicted octanol–water partition coefficient (Wildman–Crippen LogP) is 2.81. The van der Waals surface area contributed by atoms with Crippen molar-refractivity contribution in [3.63, 3.8) is 0 Å². The fraction of sp³-hybridized carbons (Fsp3) is 0.333. The maximum absolute atomic E-state index is 13.6. The van der Waals surface area contributed by atoms with Crippen molar-refractivity contribution in [1.82, 2.24) is 4.98 Å². The molecule has 0 bridgehead atoms. The molecule has 3 heterocycles. The highest BCUT2D eigenvalue weighted by atomic mass is 16.1. The lowest BCUT2D eigenvalue weighted by Gasteiger charge is -2.31. The van der Waals surface area contributed by atoms with Crippen LogP contribution >= 0.6 is 0 Å². The largest absolute Gasteiger partial charge is 0.292 e. The van der Waals surface area contributed by atoms with E-state index in [1.54, 1.807) is 18.5 Å². The number of ketones is 1. The first-order valence-electron chi connectivity index (χ1n) is 9.75. The van der Waals surface area contributed by atoms with Gasteiger partial charge in [0.2, 0.25) is 5.41 Å². The van der Waals surface area contributed by atoms with Gasteiger partial charge in [0.15, 0.2) is 17.9 Å². The van der Waals surface area contributed by atoms with Crippen molar-refractivity contribution in [2.75, 3.05) is 0 Å². The van der Waals surface area contributed by atoms with Gasteiger partial charge in [0.25, 0.3) is 0 Å². The van der Waals surface area contributed by atoms with E-state index in [2.05, 4.69) is 17.1 Å². The zero-order valence-corrected chi connectivity index (χ0v) is 16.8. The number of Topliss-reactive ketones (excluding diaryl/α,β-unsaturated/α-hetero) is 1. The molecule has 1 aromatic heterocycles. The quantitative estimate of drug-likeness (QED) is 0.865. The monoisotopic (exact) mass is 383 g/mol. The summed E-state index contributed by atoms with van der Waals surface area (Å²) in [4.78, 5) is 18.7. The Morgan fingerprint density at radius 1 is 1.14 bits per heavy atom. The van der Waals surface area contributed by atoms with E-state index in [0.29, 0.717) is 0 Å². The van der Waals surface area contributed by atoms with Gasteiger partial charge in [-0.3, -0.25) is 14.7 Å². The minimum Gasteiger partial charge on any atom is -0.292 e. The number of nitriles is 2. The molecule has 0 aliphatic carbocycles. The summed E-state index contributed by atoms with van der Waals surface area (Å²) in [5.41, 5.74) is 0.696. The molecule has 1 unspecified atom stereocenters. The molecular weight excluding hydrogens is 360 g/mol. The highest BCUT2D eigenvalue weighted by Crippen LogP contribution is 2.52. The summed E-state index contributed by atoms with van der Waals surface area (Å²) in [6.45, 7) is 5.68. The van der Waals surface area contributed by atoms with Gasteiger partial charge in [0.1, 0.15) is 0 Å². The number of nitrogens with one attached hydrogen (secondary N) is 1. The molecule has 0 radical (unpaired) electrons. The molecule has 0 saturated carbocycles. The van der Waals surface area contributed by atoms with Crippen LogP contribution in [0.25, 0.3) is 6.08 Å². The number of fused-ring (bicyclic) bond motifs is 3. The van der Waals surface area contributed by atoms with Gasteiger partial charge in [-0.2, -0.15) is 10.5 Å². The molecule has 4 atom stereocenters. The van der Waals surface area contributed by atoms with Crippen molar-refractivity contribution < 1.29 is 9.69 Å². The summed E-state index contributed by atoms with van der Waals surface area (Å²) in [7, 11) is 0. The lowest BCUT2D eigenvalue weighted by atomic mass is 9.66. The summed E-state index contributed by atoms with van der Waals surface area (Å²) >= 11 is 0. The van der Waals surface area contributed by atoms with Crippen LogP contribution in [-0.2, 0) is 4.79 Å². The summed E-state index contributed by atoms with van der Waals surface area (Å²) in [5, 5.41) is 20.7. The van der Waals surface area contributed by atoms with Crippen molar-refractivity contribution in [2.45, 2.75) is 38.8 Å². The fourth-order valence-electron chi connectivity index (χ4n) is 4.89. The number of hydrogen-bond donors (Lipinski definition) is 1. The molecule has 2 aromatic rings. The van der Waals surface area contributed by atoms with Gasteiger partial charge in [-0.1, -0.05) is 51.1 Å². The number of hydrogen-bond acceptors (Lipinski definition) is 4. The molecule has 2 aliphatic rings. The number of rotatable bonds is 2. The first-order chi connectivity index (χ1) is 13.8. The molecule has 0 amide bonds. The van der Waals surface area contributed by atoms with E-state index >= 15 is 0 Å². The molecule has 4 rings (SSSR count). The normalized spacial score (nSPS) is 26.7. The van der Waals surface area contributed by atoms with Crippen LogP contribution in [0.15, 0.2) is 55.0 Å². The molecule has 1 aromatic carbocycles. The maximum atomic E-state index is 13.6. The van der Waals surface area contributed by atoms with Crippen LogP contribution in [0.3, 0.4) is 0 Å². The van der Waals surface area contributed by atoms with Crippen LogP contribution < -0.4 is 4.90 Å². The second-order valence-electron chi connectivity index (χ2n) is 8.84. The third-order valence-corrected chi connectivity index (χ3v) is 6.17. The van der Waals surface area contributed by atoms with Crippen molar-refractivity contribution in [1.29, 1.82) is 10.5 Å². The molecule has 0 spiro atoms. The van der Waals surface area contributed by atoms with E-state index in [1.165, 1.54) is 0 Å². The van der Waals surface area contributed by atoms with Crippen molar-refractivity contribution in [2.24, 2.45) is 10.8 Å². The molecule has 1 fully saturated rings. The number of quaternary nitrogens is 1. The van der Waals surface area contributed by atoms with E-state index in [-0.39, 0.29) is 5.78 Å². The van der Waals surface area contributed by atoms with E-state index < -0.39 is 28.8 Å². The Labute approximate surface area is 170 Å². The van der Waals surface area contributed by atoms with E-state index in [4.69, 9.17) is 0 Å². The molecule has 29 heavy (non-hydrogen) atoms. The van der Waals surface area contributed by atoms with Crippen LogP contribution in [0.4, 0.5) is 0 Å². The summed E-state index contributed by atoms with van der Waals surface area (Å²) in [6.07, 6.45) is 7.30. The average molecular weight is 383 g/mol. The van der Waals surface area contributed by atoms with E-state index in [9.17, 15) is 15.3 Å². The van der Waals surface area contributed by atoms with Crippen LogP contribution in [0.5, 0.6) is 0 Å². The number of carbonyl (C=O) groups excluding carboxylic acids is 1. The predicted molar refractivity (Wildman–Crippen MR) is 108 cm³/mol. The second kappa shape index (κ2) is 6.65. The minimum absolute atomic E-state index is 0.0442. The summed E-state index contributed by atoms with van der Waals surface area (Å²) in [5.74, 6) is -0.531. The standard InChI is InChI=1S/C24H22N4O/c1-23(2,3)22(29)20-19(17-8-6-11-27-13-17)24(14-25,15-26)21-18-9-5-4-7-16(18)10-12-28(20)21/h4-13,19-21H,1-3H3/p+1/t19-,20+,21-/m0/s1. The van der Waals surface area contributed by atoms with Gasteiger partial charge in [-0.15, -0.1) is 0 Å². The third kappa shape index (κ3) is 2.70.